The molecule has 4 rings (SSSR count). The fourth-order valence-electron chi connectivity index (χ4n) is 3.41. The van der Waals surface area contributed by atoms with Gasteiger partial charge in [-0.05, 0) is 66.9 Å². The number of carbonyl (C=O) groups is 1. The third kappa shape index (κ3) is 4.20. The molecule has 0 fully saturated rings. The van der Waals surface area contributed by atoms with Crippen LogP contribution in [0.3, 0.4) is 0 Å². The van der Waals surface area contributed by atoms with Crippen LogP contribution in [0.5, 0.6) is 0 Å². The van der Waals surface area contributed by atoms with Crippen LogP contribution < -0.4 is 10.2 Å². The summed E-state index contributed by atoms with van der Waals surface area (Å²) in [4.78, 5) is 20.2. The van der Waals surface area contributed by atoms with Crippen LogP contribution in [0.2, 0.25) is 0 Å². The largest absolute Gasteiger partial charge is 0.371 e. The average Bonchev–Trinajstić information content (AvgIpc) is 3.15. The van der Waals surface area contributed by atoms with E-state index >= 15 is 0 Å². The summed E-state index contributed by atoms with van der Waals surface area (Å²) in [6.45, 7) is 4.21. The lowest BCUT2D eigenvalue weighted by Crippen LogP contribution is -2.19. The zero-order chi connectivity index (χ0) is 19.3. The number of benzene rings is 2. The summed E-state index contributed by atoms with van der Waals surface area (Å²) in [5.41, 5.74) is 5.29. The molecule has 0 bridgehead atoms. The van der Waals surface area contributed by atoms with Crippen molar-refractivity contribution in [3.8, 4) is 0 Å². The van der Waals surface area contributed by atoms with Gasteiger partial charge in [-0.15, -0.1) is 11.8 Å². The molecule has 0 radical (unpaired) electrons. The molecular weight excluding hydrogens is 366 g/mol. The molecule has 1 amide bonds. The summed E-state index contributed by atoms with van der Waals surface area (Å²) in [6, 6.07) is 18.0. The van der Waals surface area contributed by atoms with Crippen molar-refractivity contribution in [3.05, 3.63) is 83.7 Å². The Balaban J connectivity index is 1.39. The van der Waals surface area contributed by atoms with E-state index in [1.165, 1.54) is 16.8 Å². The van der Waals surface area contributed by atoms with Gasteiger partial charge < -0.3 is 10.2 Å². The highest BCUT2D eigenvalue weighted by molar-refractivity contribution is 7.98. The lowest BCUT2D eigenvalue weighted by atomic mass is 10.1. The summed E-state index contributed by atoms with van der Waals surface area (Å²) in [5, 5.41) is 3.03. The van der Waals surface area contributed by atoms with E-state index in [0.29, 0.717) is 5.56 Å². The van der Waals surface area contributed by atoms with E-state index in [9.17, 15) is 4.79 Å². The number of nitrogens with zero attached hydrogens (tertiary/aromatic N) is 2. The minimum atomic E-state index is -0.0789. The maximum atomic E-state index is 12.6. The first-order valence-corrected chi connectivity index (χ1v) is 10.5. The Bertz CT molecular complexity index is 957. The second-order valence-electron chi connectivity index (χ2n) is 6.80. The molecule has 4 nitrogen and oxygen atoms in total. The van der Waals surface area contributed by atoms with E-state index in [2.05, 4.69) is 40.3 Å². The Hall–Kier alpha value is -2.79. The molecule has 0 atom stereocenters. The highest BCUT2D eigenvalue weighted by Gasteiger charge is 2.18. The first-order valence-electron chi connectivity index (χ1n) is 9.54. The minimum Gasteiger partial charge on any atom is -0.371 e. The lowest BCUT2D eigenvalue weighted by Gasteiger charge is -2.17. The van der Waals surface area contributed by atoms with Crippen LogP contribution in [0, 0.1) is 0 Å². The van der Waals surface area contributed by atoms with E-state index in [4.69, 9.17) is 0 Å². The normalized spacial score (nSPS) is 12.7. The van der Waals surface area contributed by atoms with Crippen molar-refractivity contribution >= 4 is 29.0 Å². The van der Waals surface area contributed by atoms with Crippen LogP contribution in [-0.4, -0.2) is 24.0 Å². The number of amides is 1. The van der Waals surface area contributed by atoms with Crippen molar-refractivity contribution in [2.75, 3.05) is 23.3 Å². The second-order valence-corrected chi connectivity index (χ2v) is 7.85. The van der Waals surface area contributed by atoms with Gasteiger partial charge in [0.2, 0.25) is 0 Å². The van der Waals surface area contributed by atoms with Crippen LogP contribution >= 0.6 is 11.8 Å². The summed E-state index contributed by atoms with van der Waals surface area (Å²) < 4.78 is 0. The van der Waals surface area contributed by atoms with Gasteiger partial charge in [0.15, 0.2) is 0 Å². The Kier molecular flexibility index (Phi) is 5.63. The van der Waals surface area contributed by atoms with Gasteiger partial charge in [-0.3, -0.25) is 9.78 Å². The predicted molar refractivity (Wildman–Crippen MR) is 116 cm³/mol. The predicted octanol–water partition coefficient (Wildman–Crippen LogP) is 5.01. The van der Waals surface area contributed by atoms with E-state index in [-0.39, 0.29) is 5.91 Å². The monoisotopic (exact) mass is 389 g/mol. The van der Waals surface area contributed by atoms with E-state index in [0.717, 1.165) is 35.8 Å². The number of thioether (sulfide) groups is 1. The minimum absolute atomic E-state index is 0.0789. The summed E-state index contributed by atoms with van der Waals surface area (Å²) in [6.07, 6.45) is 4.74. The molecule has 0 aliphatic carbocycles. The van der Waals surface area contributed by atoms with Crippen LogP contribution in [-0.2, 0) is 12.2 Å². The van der Waals surface area contributed by atoms with Gasteiger partial charge in [-0.25, -0.2) is 0 Å². The number of pyridine rings is 1. The summed E-state index contributed by atoms with van der Waals surface area (Å²) >= 11 is 1.74. The molecule has 1 N–H and O–H groups in total. The molecule has 0 spiro atoms. The molecule has 28 heavy (non-hydrogen) atoms. The van der Waals surface area contributed by atoms with Crippen molar-refractivity contribution in [3.63, 3.8) is 0 Å². The number of carbonyl (C=O) groups excluding carboxylic acids is 1. The first kappa shape index (κ1) is 18.6. The Morgan fingerprint density at radius 3 is 2.79 bits per heavy atom. The molecule has 0 saturated heterocycles. The number of hydrogen-bond acceptors (Lipinski definition) is 4. The highest BCUT2D eigenvalue weighted by Crippen LogP contribution is 2.30. The van der Waals surface area contributed by atoms with Crippen molar-refractivity contribution in [1.82, 2.24) is 4.98 Å². The molecule has 3 aromatic rings. The van der Waals surface area contributed by atoms with Gasteiger partial charge in [-0.2, -0.15) is 0 Å². The van der Waals surface area contributed by atoms with Gasteiger partial charge in [0, 0.05) is 53.1 Å². The number of nitrogens with one attached hydrogen (secondary N) is 1. The molecule has 142 valence electrons. The van der Waals surface area contributed by atoms with E-state index in [1.54, 1.807) is 18.0 Å². The smallest absolute Gasteiger partial charge is 0.255 e. The van der Waals surface area contributed by atoms with Crippen LogP contribution in [0.15, 0.2) is 71.9 Å². The summed E-state index contributed by atoms with van der Waals surface area (Å²) in [7, 11) is 0. The Morgan fingerprint density at radius 1 is 1.18 bits per heavy atom. The number of rotatable bonds is 6. The molecule has 1 aliphatic heterocycles. The molecule has 2 heterocycles. The van der Waals surface area contributed by atoms with Crippen LogP contribution in [0.1, 0.15) is 28.4 Å². The lowest BCUT2D eigenvalue weighted by molar-refractivity contribution is 0.102. The summed E-state index contributed by atoms with van der Waals surface area (Å²) in [5.74, 6) is 0.785. The Labute approximate surface area is 170 Å². The van der Waals surface area contributed by atoms with Crippen molar-refractivity contribution < 1.29 is 4.79 Å². The fraction of sp³-hybridized carbons (Fsp3) is 0.217. The molecule has 0 unspecified atom stereocenters. The van der Waals surface area contributed by atoms with Crippen molar-refractivity contribution in [1.29, 1.82) is 0 Å². The third-order valence-electron chi connectivity index (χ3n) is 4.96. The number of likely N-dealkylation sites (N-methyl/N-ethyl adjacent to an activating group) is 1. The third-order valence-corrected chi connectivity index (χ3v) is 6.04. The molecule has 2 aromatic carbocycles. The van der Waals surface area contributed by atoms with Gasteiger partial charge in [0.05, 0.1) is 0 Å². The number of anilines is 2. The molecular formula is C23H23N3OS. The average molecular weight is 390 g/mol. The standard InChI is InChI=1S/C23H23N3OS/c1-2-26-13-11-18-5-8-20(14-22(18)26)25-23(27)19-6-9-21(10-7-19)28-16-17-4-3-12-24-15-17/h3-10,12,14-15H,2,11,13,16H2,1H3,(H,25,27). The first-order chi connectivity index (χ1) is 13.7. The quantitative estimate of drug-likeness (QED) is 0.602. The SMILES string of the molecule is CCN1CCc2ccc(NC(=O)c3ccc(SCc4cccnc4)cc3)cc21. The van der Waals surface area contributed by atoms with Gasteiger partial charge >= 0.3 is 0 Å². The van der Waals surface area contributed by atoms with Gasteiger partial charge in [0.25, 0.3) is 5.91 Å². The molecule has 1 aromatic heterocycles. The topological polar surface area (TPSA) is 45.2 Å². The second kappa shape index (κ2) is 8.48. The van der Waals surface area contributed by atoms with Crippen molar-refractivity contribution in [2.24, 2.45) is 0 Å². The number of fused-ring (bicyclic) bond motifs is 1. The number of hydrogen-bond donors (Lipinski definition) is 1. The maximum Gasteiger partial charge on any atom is 0.255 e. The Morgan fingerprint density at radius 2 is 2.04 bits per heavy atom. The van der Waals surface area contributed by atoms with E-state index in [1.807, 2.05) is 42.6 Å². The maximum absolute atomic E-state index is 12.6. The highest BCUT2D eigenvalue weighted by atomic mass is 32.2. The zero-order valence-corrected chi connectivity index (χ0v) is 16.7. The van der Waals surface area contributed by atoms with Crippen LogP contribution in [0.4, 0.5) is 11.4 Å². The number of aromatic nitrogens is 1. The fourth-order valence-corrected chi connectivity index (χ4v) is 4.24. The molecule has 0 saturated carbocycles. The van der Waals surface area contributed by atoms with Gasteiger partial charge in [0.1, 0.15) is 0 Å². The molecule has 5 heteroatoms. The van der Waals surface area contributed by atoms with Crippen molar-refractivity contribution in [2.45, 2.75) is 24.0 Å². The zero-order valence-electron chi connectivity index (χ0n) is 15.9. The molecule has 1 aliphatic rings. The van der Waals surface area contributed by atoms with Gasteiger partial charge in [-0.1, -0.05) is 12.1 Å². The van der Waals surface area contributed by atoms with E-state index < -0.39 is 0 Å². The van der Waals surface area contributed by atoms with Crippen LogP contribution in [0.25, 0.3) is 0 Å².